The molecule has 0 radical (unpaired) electrons. The summed E-state index contributed by atoms with van der Waals surface area (Å²) in [6, 6.07) is 9.75. The summed E-state index contributed by atoms with van der Waals surface area (Å²) >= 11 is 0. The van der Waals surface area contributed by atoms with Crippen LogP contribution in [0.5, 0.6) is 0 Å². The number of hydrogen-bond acceptors (Lipinski definition) is 1. The molecule has 1 aromatic rings. The molecule has 1 aromatic carbocycles. The second-order valence-corrected chi connectivity index (χ2v) is 2.05. The van der Waals surface area contributed by atoms with Crippen molar-refractivity contribution in [1.82, 2.24) is 4.67 Å². The quantitative estimate of drug-likeness (QED) is 0.473. The van der Waals surface area contributed by atoms with E-state index in [0.29, 0.717) is 0 Å². The first-order valence-corrected chi connectivity index (χ1v) is 3.44. The van der Waals surface area contributed by atoms with Gasteiger partial charge in [0.1, 0.15) is 6.61 Å². The lowest BCUT2D eigenvalue weighted by Crippen LogP contribution is -1.89. The van der Waals surface area contributed by atoms with Crippen LogP contribution >= 0.6 is 0 Å². The monoisotopic (exact) mass is 148 g/mol. The molecule has 56 valence electrons. The Hall–Kier alpha value is -1.37. The van der Waals surface area contributed by atoms with Gasteiger partial charge in [0.15, 0.2) is 0 Å². The molecular formula is C9H10NO+. The van der Waals surface area contributed by atoms with E-state index in [1.165, 1.54) is 6.21 Å². The maximum absolute atomic E-state index is 8.37. The van der Waals surface area contributed by atoms with Crippen LogP contribution in [-0.2, 0) is 0 Å². The standard InChI is InChI=1S/C9H10NO/c11-7-6-10-8-9-4-2-1-3-5-9/h1-6,8,11H,7H2/q+1. The van der Waals surface area contributed by atoms with Gasteiger partial charge in [-0.25, -0.2) is 0 Å². The summed E-state index contributed by atoms with van der Waals surface area (Å²) in [7, 11) is 0. The minimum absolute atomic E-state index is 0.0106. The Morgan fingerprint density at radius 3 is 2.64 bits per heavy atom. The van der Waals surface area contributed by atoms with E-state index in [9.17, 15) is 0 Å². The summed E-state index contributed by atoms with van der Waals surface area (Å²) in [6.45, 7) is -0.0106. The highest BCUT2D eigenvalue weighted by atomic mass is 16.2. The zero-order chi connectivity index (χ0) is 7.94. The average Bonchev–Trinajstić information content (AvgIpc) is 2.07. The van der Waals surface area contributed by atoms with Gasteiger partial charge >= 0.3 is 0 Å². The highest BCUT2D eigenvalue weighted by Gasteiger charge is 1.87. The normalized spacial score (nSPS) is 8.45. The van der Waals surface area contributed by atoms with Crippen LogP contribution in [0.15, 0.2) is 30.3 Å². The van der Waals surface area contributed by atoms with Gasteiger partial charge in [0.2, 0.25) is 0 Å². The molecule has 0 atom stereocenters. The Bertz CT molecular complexity index is 260. The third kappa shape index (κ3) is 2.80. The summed E-state index contributed by atoms with van der Waals surface area (Å²) in [5.41, 5.74) is 1.04. The molecule has 0 aliphatic rings. The Balaban J connectivity index is 2.72. The van der Waals surface area contributed by atoms with Crippen molar-refractivity contribution >= 4 is 12.4 Å². The predicted octanol–water partition coefficient (Wildman–Crippen LogP) is 0.236. The average molecular weight is 148 g/mol. The summed E-state index contributed by atoms with van der Waals surface area (Å²) in [5.74, 6) is 0. The smallest absolute Gasteiger partial charge is 0.299 e. The second kappa shape index (κ2) is 4.45. The van der Waals surface area contributed by atoms with Crippen molar-refractivity contribution in [3.8, 4) is 0 Å². The Morgan fingerprint density at radius 1 is 1.27 bits per heavy atom. The van der Waals surface area contributed by atoms with E-state index >= 15 is 0 Å². The van der Waals surface area contributed by atoms with E-state index in [1.54, 1.807) is 6.21 Å². The van der Waals surface area contributed by atoms with E-state index in [1.807, 2.05) is 30.3 Å². The van der Waals surface area contributed by atoms with Crippen molar-refractivity contribution in [3.63, 3.8) is 0 Å². The van der Waals surface area contributed by atoms with Gasteiger partial charge in [-0.15, -0.1) is 4.67 Å². The van der Waals surface area contributed by atoms with Crippen LogP contribution < -0.4 is 4.67 Å². The van der Waals surface area contributed by atoms with E-state index in [0.717, 1.165) is 5.56 Å². The van der Waals surface area contributed by atoms with Crippen LogP contribution in [0, 0.1) is 0 Å². The molecule has 0 amide bonds. The van der Waals surface area contributed by atoms with Crippen LogP contribution in [-0.4, -0.2) is 24.1 Å². The fraction of sp³-hybridized carbons (Fsp3) is 0.111. The highest BCUT2D eigenvalue weighted by molar-refractivity contribution is 5.81. The minimum atomic E-state index is -0.0106. The lowest BCUT2D eigenvalue weighted by molar-refractivity contribution is 0.361. The van der Waals surface area contributed by atoms with Gasteiger partial charge in [0.25, 0.3) is 12.4 Å². The molecule has 0 heterocycles. The fourth-order valence-electron chi connectivity index (χ4n) is 0.725. The fourth-order valence-corrected chi connectivity index (χ4v) is 0.725. The summed E-state index contributed by atoms with van der Waals surface area (Å²) in [4.78, 5) is 0. The molecule has 0 aliphatic carbocycles. The lowest BCUT2D eigenvalue weighted by Gasteiger charge is -1.79. The van der Waals surface area contributed by atoms with Gasteiger partial charge in [0, 0.05) is 0 Å². The molecular weight excluding hydrogens is 138 g/mol. The van der Waals surface area contributed by atoms with E-state index in [-0.39, 0.29) is 6.61 Å². The predicted molar refractivity (Wildman–Crippen MR) is 46.9 cm³/mol. The molecule has 1 rings (SSSR count). The summed E-state index contributed by atoms with van der Waals surface area (Å²) in [5, 5.41) is 8.37. The van der Waals surface area contributed by atoms with Crippen molar-refractivity contribution in [2.45, 2.75) is 0 Å². The molecule has 0 unspecified atom stereocenters. The molecule has 0 saturated carbocycles. The Labute approximate surface area is 65.6 Å². The largest absolute Gasteiger partial charge is 0.385 e. The summed E-state index contributed by atoms with van der Waals surface area (Å²) in [6.07, 6.45) is 3.16. The number of hydrogen-bond donors (Lipinski definition) is 1. The van der Waals surface area contributed by atoms with Crippen LogP contribution in [0.25, 0.3) is 0 Å². The van der Waals surface area contributed by atoms with Crippen molar-refractivity contribution in [1.29, 1.82) is 0 Å². The van der Waals surface area contributed by atoms with Crippen LogP contribution in [0.3, 0.4) is 0 Å². The molecule has 0 saturated heterocycles. The van der Waals surface area contributed by atoms with Crippen molar-refractivity contribution in [2.75, 3.05) is 6.61 Å². The molecule has 2 nitrogen and oxygen atoms in total. The molecule has 0 bridgehead atoms. The molecule has 2 heteroatoms. The number of rotatable bonds is 2. The lowest BCUT2D eigenvalue weighted by atomic mass is 10.2. The molecule has 0 fully saturated rings. The second-order valence-electron chi connectivity index (χ2n) is 2.05. The first kappa shape index (κ1) is 7.73. The first-order chi connectivity index (χ1) is 5.43. The number of aliphatic hydroxyl groups excluding tert-OH is 1. The molecule has 0 aromatic heterocycles. The molecule has 0 aliphatic heterocycles. The van der Waals surface area contributed by atoms with Gasteiger partial charge in [-0.2, -0.15) is 0 Å². The zero-order valence-electron chi connectivity index (χ0n) is 6.14. The maximum Gasteiger partial charge on any atom is 0.299 e. The van der Waals surface area contributed by atoms with Gasteiger partial charge < -0.3 is 5.11 Å². The number of nitrogens with zero attached hydrogens (tertiary/aromatic N) is 1. The highest BCUT2D eigenvalue weighted by Crippen LogP contribution is 1.91. The van der Waals surface area contributed by atoms with E-state index in [2.05, 4.69) is 4.67 Å². The third-order valence-electron chi connectivity index (χ3n) is 1.21. The maximum atomic E-state index is 8.37. The van der Waals surface area contributed by atoms with Crippen molar-refractivity contribution < 1.29 is 5.11 Å². The molecule has 11 heavy (non-hydrogen) atoms. The van der Waals surface area contributed by atoms with Crippen LogP contribution in [0.2, 0.25) is 0 Å². The molecule has 1 N–H and O–H groups in total. The molecule has 0 spiro atoms. The van der Waals surface area contributed by atoms with Gasteiger partial charge in [-0.05, 0) is 12.1 Å². The topological polar surface area (TPSA) is 34.3 Å². The van der Waals surface area contributed by atoms with E-state index in [4.69, 9.17) is 5.11 Å². The van der Waals surface area contributed by atoms with E-state index < -0.39 is 0 Å². The first-order valence-electron chi connectivity index (χ1n) is 3.44. The third-order valence-corrected chi connectivity index (χ3v) is 1.21. The van der Waals surface area contributed by atoms with Gasteiger partial charge in [-0.3, -0.25) is 0 Å². The van der Waals surface area contributed by atoms with Crippen molar-refractivity contribution in [2.24, 2.45) is 0 Å². The van der Waals surface area contributed by atoms with Gasteiger partial charge in [-0.1, -0.05) is 18.2 Å². The zero-order valence-corrected chi connectivity index (χ0v) is 6.14. The number of benzene rings is 1. The number of aliphatic hydroxyl groups is 1. The van der Waals surface area contributed by atoms with Crippen molar-refractivity contribution in [3.05, 3.63) is 35.9 Å². The Morgan fingerprint density at radius 2 is 2.00 bits per heavy atom. The van der Waals surface area contributed by atoms with Crippen LogP contribution in [0.1, 0.15) is 5.56 Å². The summed E-state index contributed by atoms with van der Waals surface area (Å²) < 4.78 is 3.86. The Kier molecular flexibility index (Phi) is 3.13. The SMILES string of the molecule is OCC=[N+]=Cc1ccccc1. The van der Waals surface area contributed by atoms with Crippen LogP contribution in [0.4, 0.5) is 0 Å². The van der Waals surface area contributed by atoms with Gasteiger partial charge in [0.05, 0.1) is 5.56 Å². The minimum Gasteiger partial charge on any atom is -0.385 e.